The van der Waals surface area contributed by atoms with E-state index in [9.17, 15) is 12.8 Å². The van der Waals surface area contributed by atoms with E-state index in [1.54, 1.807) is 42.0 Å². The first-order valence-corrected chi connectivity index (χ1v) is 12.0. The van der Waals surface area contributed by atoms with E-state index in [1.165, 1.54) is 6.07 Å². The lowest BCUT2D eigenvalue weighted by Crippen LogP contribution is -2.51. The van der Waals surface area contributed by atoms with Gasteiger partial charge in [0.1, 0.15) is 10.7 Å². The Bertz CT molecular complexity index is 1030. The quantitative estimate of drug-likeness (QED) is 0.739. The summed E-state index contributed by atoms with van der Waals surface area (Å²) in [7, 11) is -1.81. The Balaban J connectivity index is 1.44. The van der Waals surface area contributed by atoms with Crippen molar-refractivity contribution in [3.63, 3.8) is 0 Å². The Labute approximate surface area is 178 Å². The monoisotopic (exact) mass is 435 g/mol. The highest BCUT2D eigenvalue weighted by Gasteiger charge is 2.43. The number of nitrogens with zero attached hydrogens (tertiary/aromatic N) is 3. The fourth-order valence-corrected chi connectivity index (χ4v) is 6.88. The molecule has 2 aromatic rings. The van der Waals surface area contributed by atoms with Crippen LogP contribution in [-0.2, 0) is 28.2 Å². The predicted molar refractivity (Wildman–Crippen MR) is 112 cm³/mol. The Kier molecular flexibility index (Phi) is 5.76. The third-order valence-electron chi connectivity index (χ3n) is 6.68. The summed E-state index contributed by atoms with van der Waals surface area (Å²) in [6, 6.07) is 6.80. The number of hydrogen-bond donors (Lipinski definition) is 0. The number of aryl methyl sites for hydroxylation is 2. The maximum absolute atomic E-state index is 13.5. The van der Waals surface area contributed by atoms with Gasteiger partial charge in [-0.2, -0.15) is 9.40 Å². The average molecular weight is 436 g/mol. The lowest BCUT2D eigenvalue weighted by Gasteiger charge is -2.46. The zero-order valence-corrected chi connectivity index (χ0v) is 18.7. The second-order valence-electron chi connectivity index (χ2n) is 8.75. The van der Waals surface area contributed by atoms with Crippen LogP contribution < -0.4 is 0 Å². The number of hydrogen-bond acceptors (Lipinski definition) is 4. The second kappa shape index (κ2) is 8.05. The van der Waals surface area contributed by atoms with Gasteiger partial charge in [-0.1, -0.05) is 12.1 Å². The molecule has 1 atom stereocenters. The Hall–Kier alpha value is -1.77. The van der Waals surface area contributed by atoms with Crippen LogP contribution in [0.2, 0.25) is 0 Å². The lowest BCUT2D eigenvalue weighted by molar-refractivity contribution is -0.120. The standard InChI is InChI=1S/C22H30FN3O3S/c1-16-21(17(2)25(3)24-16)30(27,28)26-10-8-22(9-11-26)15-19(7-12-29-22)13-18-5-4-6-20(23)14-18/h4-6,14,19H,7-13,15H2,1-3H3. The van der Waals surface area contributed by atoms with Crippen molar-refractivity contribution in [3.05, 3.63) is 47.0 Å². The predicted octanol–water partition coefficient (Wildman–Crippen LogP) is 3.37. The summed E-state index contributed by atoms with van der Waals surface area (Å²) in [5.74, 6) is 0.222. The van der Waals surface area contributed by atoms with Gasteiger partial charge in [0.2, 0.25) is 10.0 Å². The molecule has 2 aliphatic heterocycles. The van der Waals surface area contributed by atoms with Gasteiger partial charge in [-0.25, -0.2) is 12.8 Å². The van der Waals surface area contributed by atoms with E-state index in [1.807, 2.05) is 6.07 Å². The van der Waals surface area contributed by atoms with Crippen LogP contribution in [-0.4, -0.2) is 47.8 Å². The minimum atomic E-state index is -3.57. The molecule has 1 aromatic heterocycles. The van der Waals surface area contributed by atoms with Gasteiger partial charge in [0.15, 0.2) is 0 Å². The molecule has 2 aliphatic rings. The Morgan fingerprint density at radius 1 is 1.27 bits per heavy atom. The molecule has 1 unspecified atom stereocenters. The van der Waals surface area contributed by atoms with Crippen molar-refractivity contribution >= 4 is 10.0 Å². The van der Waals surface area contributed by atoms with Crippen LogP contribution in [0.3, 0.4) is 0 Å². The lowest BCUT2D eigenvalue weighted by atomic mass is 9.78. The van der Waals surface area contributed by atoms with E-state index in [0.29, 0.717) is 54.7 Å². The van der Waals surface area contributed by atoms with Gasteiger partial charge in [0.25, 0.3) is 0 Å². The fraction of sp³-hybridized carbons (Fsp3) is 0.591. The number of halogens is 1. The molecular formula is C22H30FN3O3S. The van der Waals surface area contributed by atoms with Crippen molar-refractivity contribution < 1.29 is 17.5 Å². The molecular weight excluding hydrogens is 405 g/mol. The number of aromatic nitrogens is 2. The molecule has 3 heterocycles. The highest BCUT2D eigenvalue weighted by atomic mass is 32.2. The molecule has 0 amide bonds. The van der Waals surface area contributed by atoms with E-state index < -0.39 is 10.0 Å². The van der Waals surface area contributed by atoms with Crippen molar-refractivity contribution in [1.29, 1.82) is 0 Å². The summed E-state index contributed by atoms with van der Waals surface area (Å²) < 4.78 is 49.4. The second-order valence-corrected chi connectivity index (χ2v) is 10.6. The van der Waals surface area contributed by atoms with Crippen molar-refractivity contribution in [3.8, 4) is 0 Å². The van der Waals surface area contributed by atoms with E-state index in [4.69, 9.17) is 4.74 Å². The van der Waals surface area contributed by atoms with Crippen LogP contribution in [0.1, 0.15) is 42.6 Å². The first-order valence-electron chi connectivity index (χ1n) is 10.6. The van der Waals surface area contributed by atoms with Crippen LogP contribution in [0.4, 0.5) is 4.39 Å². The minimum absolute atomic E-state index is 0.200. The van der Waals surface area contributed by atoms with Crippen LogP contribution in [0, 0.1) is 25.6 Å². The van der Waals surface area contributed by atoms with Gasteiger partial charge in [0.05, 0.1) is 17.0 Å². The SMILES string of the molecule is Cc1nn(C)c(C)c1S(=O)(=O)N1CCC2(CC1)CC(Cc1cccc(F)c1)CCO2. The first-order chi connectivity index (χ1) is 14.2. The molecule has 2 saturated heterocycles. The average Bonchev–Trinajstić information content (AvgIpc) is 2.94. The molecule has 30 heavy (non-hydrogen) atoms. The van der Waals surface area contributed by atoms with Crippen molar-refractivity contribution in [2.75, 3.05) is 19.7 Å². The summed E-state index contributed by atoms with van der Waals surface area (Å²) in [6.07, 6.45) is 4.05. The van der Waals surface area contributed by atoms with Crippen molar-refractivity contribution in [1.82, 2.24) is 14.1 Å². The van der Waals surface area contributed by atoms with E-state index >= 15 is 0 Å². The molecule has 6 nitrogen and oxygen atoms in total. The number of piperidine rings is 1. The van der Waals surface area contributed by atoms with Gasteiger partial charge in [-0.05, 0) is 69.6 Å². The van der Waals surface area contributed by atoms with Gasteiger partial charge in [0, 0.05) is 26.7 Å². The van der Waals surface area contributed by atoms with Gasteiger partial charge in [-0.3, -0.25) is 4.68 Å². The molecule has 0 radical (unpaired) electrons. The maximum Gasteiger partial charge on any atom is 0.246 e. The minimum Gasteiger partial charge on any atom is -0.375 e. The number of rotatable bonds is 4. The van der Waals surface area contributed by atoms with Gasteiger partial charge < -0.3 is 4.74 Å². The number of ether oxygens (including phenoxy) is 1. The van der Waals surface area contributed by atoms with Crippen molar-refractivity contribution in [2.45, 2.75) is 56.4 Å². The molecule has 2 fully saturated rings. The molecule has 0 N–H and O–H groups in total. The summed E-state index contributed by atoms with van der Waals surface area (Å²) >= 11 is 0. The molecule has 1 spiro atoms. The van der Waals surface area contributed by atoms with E-state index in [2.05, 4.69) is 5.10 Å². The molecule has 1 aromatic carbocycles. The molecule has 0 saturated carbocycles. The van der Waals surface area contributed by atoms with Crippen molar-refractivity contribution in [2.24, 2.45) is 13.0 Å². The fourth-order valence-electron chi connectivity index (χ4n) is 5.04. The third-order valence-corrected chi connectivity index (χ3v) is 8.83. The Morgan fingerprint density at radius 2 is 2.00 bits per heavy atom. The molecule has 164 valence electrons. The summed E-state index contributed by atoms with van der Waals surface area (Å²) in [5.41, 5.74) is 1.94. The number of benzene rings is 1. The third kappa shape index (κ3) is 4.05. The highest BCUT2D eigenvalue weighted by molar-refractivity contribution is 7.89. The zero-order valence-electron chi connectivity index (χ0n) is 17.9. The normalized spacial score (nSPS) is 22.5. The topological polar surface area (TPSA) is 64.4 Å². The molecule has 8 heteroatoms. The maximum atomic E-state index is 13.5. The summed E-state index contributed by atoms with van der Waals surface area (Å²) in [6.45, 7) is 5.10. The summed E-state index contributed by atoms with van der Waals surface area (Å²) in [5, 5.41) is 4.27. The van der Waals surface area contributed by atoms with Gasteiger partial charge in [-0.15, -0.1) is 0 Å². The first kappa shape index (κ1) is 21.5. The smallest absolute Gasteiger partial charge is 0.246 e. The van der Waals surface area contributed by atoms with Crippen LogP contribution >= 0.6 is 0 Å². The molecule has 0 bridgehead atoms. The van der Waals surface area contributed by atoms with Crippen LogP contribution in [0.25, 0.3) is 0 Å². The van der Waals surface area contributed by atoms with E-state index in [0.717, 1.165) is 24.8 Å². The van der Waals surface area contributed by atoms with E-state index in [-0.39, 0.29) is 11.4 Å². The van der Waals surface area contributed by atoms with Crippen LogP contribution in [0.15, 0.2) is 29.2 Å². The summed E-state index contributed by atoms with van der Waals surface area (Å²) in [4.78, 5) is 0.328. The molecule has 0 aliphatic carbocycles. The highest BCUT2D eigenvalue weighted by Crippen LogP contribution is 2.40. The zero-order chi connectivity index (χ0) is 21.5. The Morgan fingerprint density at radius 3 is 2.63 bits per heavy atom. The molecule has 4 rings (SSSR count). The largest absolute Gasteiger partial charge is 0.375 e. The van der Waals surface area contributed by atoms with Gasteiger partial charge >= 0.3 is 0 Å². The number of sulfonamides is 1. The van der Waals surface area contributed by atoms with Crippen LogP contribution in [0.5, 0.6) is 0 Å².